The van der Waals surface area contributed by atoms with E-state index < -0.39 is 0 Å². The molecule has 0 atom stereocenters. The first-order valence-corrected chi connectivity index (χ1v) is 19.6. The van der Waals surface area contributed by atoms with Crippen LogP contribution < -0.4 is 21.7 Å². The van der Waals surface area contributed by atoms with Gasteiger partial charge in [-0.2, -0.15) is 24.9 Å². The zero-order valence-electron chi connectivity index (χ0n) is 28.5. The van der Waals surface area contributed by atoms with Gasteiger partial charge in [-0.15, -0.1) is 0 Å². The maximum absolute atomic E-state index is 5.91. The van der Waals surface area contributed by atoms with Gasteiger partial charge in [0.05, 0.1) is 0 Å². The van der Waals surface area contributed by atoms with E-state index in [1.165, 1.54) is 103 Å². The molecular formula is C32H61ClN10S2. The van der Waals surface area contributed by atoms with Crippen LogP contribution in [0, 0.1) is 6.92 Å². The fraction of sp³-hybridized carbons (Fsp3) is 0.812. The van der Waals surface area contributed by atoms with Crippen LogP contribution in [0.4, 0.5) is 11.9 Å². The molecule has 0 aliphatic rings. The fourth-order valence-electron chi connectivity index (χ4n) is 4.36. The summed E-state index contributed by atoms with van der Waals surface area (Å²) in [6.07, 6.45) is 21.4. The molecule has 0 bridgehead atoms. The maximum atomic E-state index is 5.91. The largest absolute Gasteiger partial charge is 0.353 e. The van der Waals surface area contributed by atoms with Gasteiger partial charge < -0.3 is 21.7 Å². The molecule has 0 aromatic carbocycles. The minimum atomic E-state index is 0.230. The average Bonchev–Trinajstić information content (AvgIpc) is 3.02. The summed E-state index contributed by atoms with van der Waals surface area (Å²) in [4.78, 5) is 25.7. The third-order valence-corrected chi connectivity index (χ3v) is 8.89. The molecule has 0 saturated carbocycles. The number of likely N-dealkylation sites (N-methyl/N-ethyl adjacent to an activating group) is 1. The summed E-state index contributed by atoms with van der Waals surface area (Å²) in [6, 6.07) is 0. The van der Waals surface area contributed by atoms with E-state index in [2.05, 4.69) is 59.7 Å². The van der Waals surface area contributed by atoms with Gasteiger partial charge in [0.25, 0.3) is 0 Å². The summed E-state index contributed by atoms with van der Waals surface area (Å²) in [5.41, 5.74) is 5.45. The highest BCUT2D eigenvalue weighted by Crippen LogP contribution is 2.20. The van der Waals surface area contributed by atoms with Crippen LogP contribution in [-0.4, -0.2) is 74.6 Å². The molecule has 0 spiro atoms. The van der Waals surface area contributed by atoms with Gasteiger partial charge in [-0.3, -0.25) is 0 Å². The zero-order chi connectivity index (χ0) is 32.8. The Bertz CT molecular complexity index is 974. The van der Waals surface area contributed by atoms with Gasteiger partial charge in [0, 0.05) is 37.7 Å². The molecule has 0 radical (unpaired) electrons. The average molecular weight is 685 g/mol. The van der Waals surface area contributed by atoms with Crippen molar-refractivity contribution in [3.8, 4) is 0 Å². The van der Waals surface area contributed by atoms with Gasteiger partial charge >= 0.3 is 0 Å². The lowest BCUT2D eigenvalue weighted by atomic mass is 10.1. The zero-order valence-corrected chi connectivity index (χ0v) is 30.9. The molecule has 45 heavy (non-hydrogen) atoms. The Kier molecular flexibility index (Phi) is 27.6. The summed E-state index contributed by atoms with van der Waals surface area (Å²) in [7, 11) is 1.94. The highest BCUT2D eigenvalue weighted by molar-refractivity contribution is 7.99. The number of aromatic nitrogens is 6. The predicted molar refractivity (Wildman–Crippen MR) is 196 cm³/mol. The van der Waals surface area contributed by atoms with E-state index in [0.29, 0.717) is 30.1 Å². The molecule has 0 amide bonds. The highest BCUT2D eigenvalue weighted by atomic mass is 35.5. The van der Waals surface area contributed by atoms with Gasteiger partial charge in [0.15, 0.2) is 10.3 Å². The van der Waals surface area contributed by atoms with Gasteiger partial charge in [-0.05, 0) is 38.4 Å². The second-order valence-electron chi connectivity index (χ2n) is 11.1. The molecule has 5 N–H and O–H groups in total. The third kappa shape index (κ3) is 24.4. The van der Waals surface area contributed by atoms with Crippen LogP contribution in [0.5, 0.6) is 0 Å². The van der Waals surface area contributed by atoms with Crippen molar-refractivity contribution in [3.63, 3.8) is 0 Å². The van der Waals surface area contributed by atoms with Gasteiger partial charge in [0.2, 0.25) is 17.2 Å². The highest BCUT2D eigenvalue weighted by Gasteiger charge is 2.06. The predicted octanol–water partition coefficient (Wildman–Crippen LogP) is 8.17. The van der Waals surface area contributed by atoms with Crippen LogP contribution in [0.3, 0.4) is 0 Å². The maximum Gasteiger partial charge on any atom is 0.228 e. The van der Waals surface area contributed by atoms with E-state index >= 15 is 0 Å². The Balaban J connectivity index is 0.000000450. The van der Waals surface area contributed by atoms with Gasteiger partial charge in [-0.1, -0.05) is 127 Å². The van der Waals surface area contributed by atoms with E-state index in [9.17, 15) is 0 Å². The van der Waals surface area contributed by atoms with Crippen LogP contribution in [0.2, 0.25) is 5.28 Å². The van der Waals surface area contributed by atoms with Crippen molar-refractivity contribution in [2.45, 2.75) is 134 Å². The molecule has 0 saturated heterocycles. The number of nitrogens with one attached hydrogen (secondary N) is 3. The summed E-state index contributed by atoms with van der Waals surface area (Å²) >= 11 is 9.28. The van der Waals surface area contributed by atoms with Crippen molar-refractivity contribution in [3.05, 3.63) is 11.1 Å². The van der Waals surface area contributed by atoms with Crippen molar-refractivity contribution in [1.82, 2.24) is 35.2 Å². The quantitative estimate of drug-likeness (QED) is 0.0533. The van der Waals surface area contributed by atoms with E-state index in [-0.39, 0.29) is 5.28 Å². The Morgan fingerprint density at radius 3 is 1.56 bits per heavy atom. The van der Waals surface area contributed by atoms with E-state index in [1.54, 1.807) is 23.5 Å². The molecule has 0 fully saturated rings. The van der Waals surface area contributed by atoms with E-state index in [0.717, 1.165) is 35.6 Å². The number of halogens is 1. The number of thioether (sulfide) groups is 2. The topological polar surface area (TPSA) is 139 Å². The lowest BCUT2D eigenvalue weighted by molar-refractivity contribution is 0.586. The van der Waals surface area contributed by atoms with Crippen molar-refractivity contribution in [2.24, 2.45) is 5.73 Å². The molecule has 0 unspecified atom stereocenters. The van der Waals surface area contributed by atoms with Crippen molar-refractivity contribution in [1.29, 1.82) is 0 Å². The Morgan fingerprint density at radius 2 is 1.04 bits per heavy atom. The van der Waals surface area contributed by atoms with Crippen LogP contribution in [0.1, 0.15) is 122 Å². The van der Waals surface area contributed by atoms with Gasteiger partial charge in [-0.25, -0.2) is 4.98 Å². The molecule has 258 valence electrons. The number of nitrogens with two attached hydrogens (primary N) is 1. The lowest BCUT2D eigenvalue weighted by Crippen LogP contribution is -2.19. The van der Waals surface area contributed by atoms with E-state index in [4.69, 9.17) is 17.3 Å². The summed E-state index contributed by atoms with van der Waals surface area (Å²) in [5, 5.41) is 11.1. The first-order chi connectivity index (χ1) is 22.0. The Labute approximate surface area is 287 Å². The number of aryl methyl sites for hydroxylation is 1. The smallest absolute Gasteiger partial charge is 0.228 e. The SMILES string of the molecule is CCCCCCCCCCSc1nc(C)nc(NCCNC)n1.CCCCCCCCCCSc1nc(Cl)nc(NCCN)n1. The van der Waals surface area contributed by atoms with Crippen molar-refractivity contribution < 1.29 is 0 Å². The van der Waals surface area contributed by atoms with Crippen LogP contribution in [-0.2, 0) is 0 Å². The molecule has 0 aliphatic carbocycles. The molecule has 2 aromatic rings. The monoisotopic (exact) mass is 684 g/mol. The molecule has 2 heterocycles. The first kappa shape index (κ1) is 41.6. The number of nitrogens with zero attached hydrogens (tertiary/aromatic N) is 6. The lowest BCUT2D eigenvalue weighted by Gasteiger charge is -2.07. The number of hydrogen-bond acceptors (Lipinski definition) is 12. The summed E-state index contributed by atoms with van der Waals surface area (Å²) in [5.74, 6) is 4.08. The molecule has 10 nitrogen and oxygen atoms in total. The number of anilines is 2. The van der Waals surface area contributed by atoms with E-state index in [1.807, 2.05) is 14.0 Å². The second kappa shape index (κ2) is 29.9. The molecule has 2 rings (SSSR count). The number of unbranched alkanes of at least 4 members (excludes halogenated alkanes) is 14. The normalized spacial score (nSPS) is 10.9. The van der Waals surface area contributed by atoms with Crippen molar-refractivity contribution >= 4 is 47.0 Å². The molecule has 2 aromatic heterocycles. The fourth-order valence-corrected chi connectivity index (χ4v) is 6.28. The minimum Gasteiger partial charge on any atom is -0.353 e. The van der Waals surface area contributed by atoms with Crippen LogP contribution in [0.15, 0.2) is 10.3 Å². The molecular weight excluding hydrogens is 624 g/mol. The summed E-state index contributed by atoms with van der Waals surface area (Å²) < 4.78 is 0. The molecule has 0 aliphatic heterocycles. The first-order valence-electron chi connectivity index (χ1n) is 17.2. The van der Waals surface area contributed by atoms with Gasteiger partial charge in [0.1, 0.15) is 5.82 Å². The molecule has 13 heteroatoms. The van der Waals surface area contributed by atoms with Crippen LogP contribution >= 0.6 is 35.1 Å². The third-order valence-electron chi connectivity index (χ3n) is 6.86. The second-order valence-corrected chi connectivity index (χ2v) is 13.6. The Morgan fingerprint density at radius 1 is 0.578 bits per heavy atom. The standard InChI is InChI=1S/C17H33N5S.C15H28ClN5S/c1-4-5-6-7-8-9-10-11-14-23-17-21-15(2)20-16(22-17)19-13-12-18-3;1-2-3-4-5-6-7-8-9-12-22-15-20-13(16)19-14(21-15)18-11-10-17/h18H,4-14H2,1-3H3,(H,19,20,21,22);2-12,17H2,1H3,(H,18,19,20,21). The van der Waals surface area contributed by atoms with Crippen LogP contribution in [0.25, 0.3) is 0 Å². The van der Waals surface area contributed by atoms with Crippen molar-refractivity contribution in [2.75, 3.05) is 55.4 Å². The Hall–Kier alpha value is -1.47. The number of hydrogen-bond donors (Lipinski definition) is 4. The minimum absolute atomic E-state index is 0.230. The summed E-state index contributed by atoms with van der Waals surface area (Å²) in [6.45, 7) is 9.31. The number of rotatable bonds is 27.